The van der Waals surface area contributed by atoms with Crippen LogP contribution in [0.5, 0.6) is 0 Å². The molecule has 0 saturated carbocycles. The first kappa shape index (κ1) is 9.86. The summed E-state index contributed by atoms with van der Waals surface area (Å²) in [7, 11) is 1.85. The predicted octanol–water partition coefficient (Wildman–Crippen LogP) is 1.68. The van der Waals surface area contributed by atoms with E-state index < -0.39 is 0 Å². The third kappa shape index (κ3) is 1.76. The highest BCUT2D eigenvalue weighted by molar-refractivity contribution is 5.63. The number of aromatic nitrogens is 2. The Morgan fingerprint density at radius 3 is 2.60 bits per heavy atom. The molecule has 0 unspecified atom stereocenters. The lowest BCUT2D eigenvalue weighted by atomic mass is 10.1. The van der Waals surface area contributed by atoms with E-state index in [2.05, 4.69) is 5.10 Å². The third-order valence-electron chi connectivity index (χ3n) is 2.35. The van der Waals surface area contributed by atoms with Gasteiger partial charge in [-0.15, -0.1) is 0 Å². The number of nitrogens with zero attached hydrogens (tertiary/aromatic N) is 2. The molecule has 0 spiro atoms. The molecule has 15 heavy (non-hydrogen) atoms. The van der Waals surface area contributed by atoms with Gasteiger partial charge in [0.25, 0.3) is 0 Å². The van der Waals surface area contributed by atoms with Gasteiger partial charge in [-0.1, -0.05) is 0 Å². The zero-order chi connectivity index (χ0) is 10.8. The van der Waals surface area contributed by atoms with Crippen LogP contribution >= 0.6 is 0 Å². The fourth-order valence-corrected chi connectivity index (χ4v) is 1.61. The molecule has 4 heteroatoms. The van der Waals surface area contributed by atoms with Gasteiger partial charge in [-0.3, -0.25) is 4.68 Å². The molecular formula is C11H12FN3. The van der Waals surface area contributed by atoms with Crippen LogP contribution in [0.3, 0.4) is 0 Å². The Bertz CT molecular complexity index is 459. The van der Waals surface area contributed by atoms with Gasteiger partial charge in [0, 0.05) is 24.7 Å². The number of benzene rings is 1. The average Bonchev–Trinajstić information content (AvgIpc) is 2.61. The normalized spacial score (nSPS) is 10.6. The fraction of sp³-hybridized carbons (Fsp3) is 0.182. The molecule has 2 aromatic rings. The van der Waals surface area contributed by atoms with Crippen LogP contribution in [-0.4, -0.2) is 9.78 Å². The summed E-state index contributed by atoms with van der Waals surface area (Å²) in [5.41, 5.74) is 8.44. The first-order valence-electron chi connectivity index (χ1n) is 4.69. The first-order chi connectivity index (χ1) is 7.22. The molecule has 0 saturated heterocycles. The van der Waals surface area contributed by atoms with Crippen molar-refractivity contribution in [3.63, 3.8) is 0 Å². The van der Waals surface area contributed by atoms with Gasteiger partial charge in [-0.2, -0.15) is 5.10 Å². The molecule has 2 N–H and O–H groups in total. The molecule has 0 atom stereocenters. The van der Waals surface area contributed by atoms with Crippen molar-refractivity contribution in [3.05, 3.63) is 41.8 Å². The average molecular weight is 205 g/mol. The molecule has 78 valence electrons. The smallest absolute Gasteiger partial charge is 0.123 e. The molecule has 3 nitrogen and oxygen atoms in total. The van der Waals surface area contributed by atoms with Crippen LogP contribution in [0.15, 0.2) is 30.5 Å². The number of halogens is 1. The van der Waals surface area contributed by atoms with E-state index in [4.69, 9.17) is 5.73 Å². The zero-order valence-corrected chi connectivity index (χ0v) is 8.44. The van der Waals surface area contributed by atoms with Crippen molar-refractivity contribution in [1.82, 2.24) is 9.78 Å². The van der Waals surface area contributed by atoms with E-state index in [0.29, 0.717) is 6.54 Å². The number of hydrogen-bond acceptors (Lipinski definition) is 2. The summed E-state index contributed by atoms with van der Waals surface area (Å²) in [5, 5.41) is 4.13. The Kier molecular flexibility index (Phi) is 2.51. The van der Waals surface area contributed by atoms with E-state index in [1.54, 1.807) is 23.0 Å². The summed E-state index contributed by atoms with van der Waals surface area (Å²) >= 11 is 0. The van der Waals surface area contributed by atoms with E-state index in [1.807, 2.05) is 7.05 Å². The van der Waals surface area contributed by atoms with Crippen molar-refractivity contribution < 1.29 is 4.39 Å². The molecule has 2 rings (SSSR count). The Hall–Kier alpha value is -1.68. The zero-order valence-electron chi connectivity index (χ0n) is 8.44. The van der Waals surface area contributed by atoms with Crippen molar-refractivity contribution in [2.45, 2.75) is 6.54 Å². The summed E-state index contributed by atoms with van der Waals surface area (Å²) in [6, 6.07) is 6.32. The van der Waals surface area contributed by atoms with Crippen molar-refractivity contribution in [3.8, 4) is 11.3 Å². The minimum atomic E-state index is -0.241. The van der Waals surface area contributed by atoms with Gasteiger partial charge in [-0.05, 0) is 24.3 Å². The van der Waals surface area contributed by atoms with Gasteiger partial charge in [0.15, 0.2) is 0 Å². The van der Waals surface area contributed by atoms with Crippen LogP contribution in [0.4, 0.5) is 4.39 Å². The molecule has 0 aliphatic rings. The molecule has 1 heterocycles. The number of nitrogens with two attached hydrogens (primary N) is 1. The van der Waals surface area contributed by atoms with Crippen molar-refractivity contribution in [1.29, 1.82) is 0 Å². The summed E-state index contributed by atoms with van der Waals surface area (Å²) in [6.45, 7) is 0.431. The van der Waals surface area contributed by atoms with E-state index in [-0.39, 0.29) is 5.82 Å². The van der Waals surface area contributed by atoms with Gasteiger partial charge in [-0.25, -0.2) is 4.39 Å². The Morgan fingerprint density at radius 2 is 2.00 bits per heavy atom. The second kappa shape index (κ2) is 3.82. The predicted molar refractivity (Wildman–Crippen MR) is 56.5 cm³/mol. The lowest BCUT2D eigenvalue weighted by molar-refractivity contribution is 0.628. The SMILES string of the molecule is Cn1ncc(CN)c1-c1ccc(F)cc1. The molecule has 0 radical (unpaired) electrons. The molecule has 0 aliphatic heterocycles. The van der Waals surface area contributed by atoms with Crippen molar-refractivity contribution in [2.24, 2.45) is 12.8 Å². The highest BCUT2D eigenvalue weighted by atomic mass is 19.1. The van der Waals surface area contributed by atoms with Crippen molar-refractivity contribution in [2.75, 3.05) is 0 Å². The minimum absolute atomic E-state index is 0.241. The molecule has 1 aromatic carbocycles. The van der Waals surface area contributed by atoms with Crippen molar-refractivity contribution >= 4 is 0 Å². The molecule has 0 fully saturated rings. The maximum absolute atomic E-state index is 12.8. The number of aryl methyl sites for hydroxylation is 1. The van der Waals surface area contributed by atoms with E-state index in [1.165, 1.54) is 12.1 Å². The highest BCUT2D eigenvalue weighted by Crippen LogP contribution is 2.22. The third-order valence-corrected chi connectivity index (χ3v) is 2.35. The van der Waals surface area contributed by atoms with Crippen LogP contribution < -0.4 is 5.73 Å². The highest BCUT2D eigenvalue weighted by Gasteiger charge is 2.09. The second-order valence-corrected chi connectivity index (χ2v) is 3.35. The van der Waals surface area contributed by atoms with E-state index in [9.17, 15) is 4.39 Å². The first-order valence-corrected chi connectivity index (χ1v) is 4.69. The largest absolute Gasteiger partial charge is 0.326 e. The van der Waals surface area contributed by atoms with Crippen LogP contribution in [0.1, 0.15) is 5.56 Å². The van der Waals surface area contributed by atoms with Gasteiger partial charge >= 0.3 is 0 Å². The standard InChI is InChI=1S/C11H12FN3/c1-15-11(9(6-13)7-14-15)8-2-4-10(12)5-3-8/h2-5,7H,6,13H2,1H3. The maximum Gasteiger partial charge on any atom is 0.123 e. The van der Waals surface area contributed by atoms with Crippen LogP contribution in [0.25, 0.3) is 11.3 Å². The molecule has 1 aromatic heterocycles. The molecule has 0 bridgehead atoms. The summed E-state index contributed by atoms with van der Waals surface area (Å²) < 4.78 is 14.5. The number of hydrogen-bond donors (Lipinski definition) is 1. The quantitative estimate of drug-likeness (QED) is 0.810. The lowest BCUT2D eigenvalue weighted by Crippen LogP contribution is -2.00. The Labute approximate surface area is 87.3 Å². The van der Waals surface area contributed by atoms with E-state index >= 15 is 0 Å². The lowest BCUT2D eigenvalue weighted by Gasteiger charge is -2.04. The van der Waals surface area contributed by atoms with Gasteiger partial charge in [0.1, 0.15) is 5.82 Å². The summed E-state index contributed by atoms with van der Waals surface area (Å²) in [4.78, 5) is 0. The minimum Gasteiger partial charge on any atom is -0.326 e. The number of rotatable bonds is 2. The Balaban J connectivity index is 2.52. The van der Waals surface area contributed by atoms with Crippen LogP contribution in [-0.2, 0) is 13.6 Å². The monoisotopic (exact) mass is 205 g/mol. The summed E-state index contributed by atoms with van der Waals surface area (Å²) in [6.07, 6.45) is 1.73. The second-order valence-electron chi connectivity index (χ2n) is 3.35. The van der Waals surface area contributed by atoms with Crippen LogP contribution in [0, 0.1) is 5.82 Å². The van der Waals surface area contributed by atoms with E-state index in [0.717, 1.165) is 16.8 Å². The van der Waals surface area contributed by atoms with Gasteiger partial charge in [0.2, 0.25) is 0 Å². The molecule has 0 aliphatic carbocycles. The molecular weight excluding hydrogens is 193 g/mol. The molecule has 0 amide bonds. The van der Waals surface area contributed by atoms with Gasteiger partial charge in [0.05, 0.1) is 11.9 Å². The Morgan fingerprint density at radius 1 is 1.33 bits per heavy atom. The maximum atomic E-state index is 12.8. The van der Waals surface area contributed by atoms with Crippen LogP contribution in [0.2, 0.25) is 0 Å². The fourth-order valence-electron chi connectivity index (χ4n) is 1.61. The van der Waals surface area contributed by atoms with Gasteiger partial charge < -0.3 is 5.73 Å². The topological polar surface area (TPSA) is 43.8 Å². The summed E-state index contributed by atoms with van der Waals surface area (Å²) in [5.74, 6) is -0.241.